The van der Waals surface area contributed by atoms with Crippen molar-refractivity contribution in [1.29, 1.82) is 0 Å². The van der Waals surface area contributed by atoms with E-state index < -0.39 is 17.4 Å². The van der Waals surface area contributed by atoms with Crippen LogP contribution >= 0.6 is 11.6 Å². The summed E-state index contributed by atoms with van der Waals surface area (Å²) in [6.07, 6.45) is 2.78. The molecule has 1 aliphatic heterocycles. The summed E-state index contributed by atoms with van der Waals surface area (Å²) >= 11 is 6.10. The Labute approximate surface area is 136 Å². The minimum atomic E-state index is -1.06. The van der Waals surface area contributed by atoms with Gasteiger partial charge in [0.05, 0.1) is 5.02 Å². The van der Waals surface area contributed by atoms with Gasteiger partial charge in [0.2, 0.25) is 0 Å². The number of benzene rings is 2. The minimum absolute atomic E-state index is 0.0591. The summed E-state index contributed by atoms with van der Waals surface area (Å²) in [5.41, 5.74) is 0.693. The third-order valence-electron chi connectivity index (χ3n) is 3.25. The zero-order chi connectivity index (χ0) is 16.4. The molecule has 2 aromatic rings. The molecule has 3 nitrogen and oxygen atoms in total. The second-order valence-electron chi connectivity index (χ2n) is 4.85. The number of ketones is 1. The zero-order valence-electron chi connectivity index (χ0n) is 11.8. The van der Waals surface area contributed by atoms with Gasteiger partial charge in [0.1, 0.15) is 13.2 Å². The van der Waals surface area contributed by atoms with Gasteiger partial charge in [-0.3, -0.25) is 4.79 Å². The number of allylic oxidation sites excluding steroid dienone is 1. The number of fused-ring (bicyclic) bond motifs is 1. The molecular formula is C17H11ClF2O3. The highest BCUT2D eigenvalue weighted by molar-refractivity contribution is 6.32. The predicted molar refractivity (Wildman–Crippen MR) is 82.2 cm³/mol. The van der Waals surface area contributed by atoms with Crippen LogP contribution in [0.5, 0.6) is 11.5 Å². The Morgan fingerprint density at radius 3 is 2.65 bits per heavy atom. The molecule has 0 saturated heterocycles. The lowest BCUT2D eigenvalue weighted by Crippen LogP contribution is -2.15. The van der Waals surface area contributed by atoms with Crippen LogP contribution in [0.1, 0.15) is 15.9 Å². The van der Waals surface area contributed by atoms with Gasteiger partial charge in [-0.1, -0.05) is 17.7 Å². The lowest BCUT2D eigenvalue weighted by atomic mass is 10.1. The quantitative estimate of drug-likeness (QED) is 0.619. The fourth-order valence-corrected chi connectivity index (χ4v) is 2.42. The standard InChI is InChI=1S/C17H11ClF2O3/c18-12-7-10(8-16-17(12)23-6-5-22-16)1-4-15(21)11-2-3-13(19)14(20)9-11/h1-4,7-9H,5-6H2. The maximum Gasteiger partial charge on any atom is 0.185 e. The van der Waals surface area contributed by atoms with E-state index >= 15 is 0 Å². The number of carbonyl (C=O) groups excluding carboxylic acids is 1. The first kappa shape index (κ1) is 15.5. The maximum absolute atomic E-state index is 13.1. The van der Waals surface area contributed by atoms with Crippen LogP contribution in [0.25, 0.3) is 6.08 Å². The third-order valence-corrected chi connectivity index (χ3v) is 3.53. The van der Waals surface area contributed by atoms with Crippen molar-refractivity contribution >= 4 is 23.5 Å². The van der Waals surface area contributed by atoms with Crippen LogP contribution in [0.15, 0.2) is 36.4 Å². The fraction of sp³-hybridized carbons (Fsp3) is 0.118. The van der Waals surface area contributed by atoms with E-state index in [-0.39, 0.29) is 5.56 Å². The normalized spacial score (nSPS) is 13.3. The Kier molecular flexibility index (Phi) is 4.30. The van der Waals surface area contributed by atoms with Crippen molar-refractivity contribution in [3.05, 3.63) is 64.2 Å². The third kappa shape index (κ3) is 3.35. The summed E-state index contributed by atoms with van der Waals surface area (Å²) in [5, 5.41) is 0.377. The number of carbonyl (C=O) groups is 1. The molecule has 0 atom stereocenters. The van der Waals surface area contributed by atoms with E-state index in [9.17, 15) is 13.6 Å². The number of rotatable bonds is 3. The van der Waals surface area contributed by atoms with E-state index in [1.165, 1.54) is 18.2 Å². The lowest BCUT2D eigenvalue weighted by Gasteiger charge is -2.19. The molecule has 0 bridgehead atoms. The van der Waals surface area contributed by atoms with Crippen LogP contribution in [0.4, 0.5) is 8.78 Å². The summed E-state index contributed by atoms with van der Waals surface area (Å²) in [5.74, 6) is -1.53. The van der Waals surface area contributed by atoms with Crippen LogP contribution < -0.4 is 9.47 Å². The van der Waals surface area contributed by atoms with Gasteiger partial charge in [-0.15, -0.1) is 0 Å². The Morgan fingerprint density at radius 2 is 1.87 bits per heavy atom. The van der Waals surface area contributed by atoms with Gasteiger partial charge in [0.15, 0.2) is 28.9 Å². The number of halogens is 3. The molecule has 1 heterocycles. The van der Waals surface area contributed by atoms with E-state index in [2.05, 4.69) is 0 Å². The molecular weight excluding hydrogens is 326 g/mol. The zero-order valence-corrected chi connectivity index (χ0v) is 12.6. The highest BCUT2D eigenvalue weighted by Gasteiger charge is 2.16. The van der Waals surface area contributed by atoms with Crippen molar-refractivity contribution < 1.29 is 23.0 Å². The lowest BCUT2D eigenvalue weighted by molar-refractivity contribution is 0.104. The molecule has 3 rings (SSSR count). The first-order chi connectivity index (χ1) is 11.0. The minimum Gasteiger partial charge on any atom is -0.486 e. The molecule has 6 heteroatoms. The monoisotopic (exact) mass is 336 g/mol. The first-order valence-corrected chi connectivity index (χ1v) is 7.19. The summed E-state index contributed by atoms with van der Waals surface area (Å²) < 4.78 is 36.9. The average molecular weight is 337 g/mol. The molecule has 0 fully saturated rings. The van der Waals surface area contributed by atoms with Crippen LogP contribution in [0.3, 0.4) is 0 Å². The molecule has 0 aliphatic carbocycles. The van der Waals surface area contributed by atoms with E-state index in [1.807, 2.05) is 0 Å². The highest BCUT2D eigenvalue weighted by atomic mass is 35.5. The van der Waals surface area contributed by atoms with Gasteiger partial charge in [-0.25, -0.2) is 8.78 Å². The Bertz CT molecular complexity index is 803. The van der Waals surface area contributed by atoms with Gasteiger partial charge in [-0.05, 0) is 42.0 Å². The summed E-state index contributed by atoms with van der Waals surface area (Å²) in [7, 11) is 0. The van der Waals surface area contributed by atoms with Crippen molar-refractivity contribution in [3.8, 4) is 11.5 Å². The average Bonchev–Trinajstić information content (AvgIpc) is 2.55. The predicted octanol–water partition coefficient (Wildman–Crippen LogP) is 4.29. The molecule has 0 amide bonds. The van der Waals surface area contributed by atoms with Crippen LogP contribution in [-0.4, -0.2) is 19.0 Å². The van der Waals surface area contributed by atoms with Crippen molar-refractivity contribution in [2.45, 2.75) is 0 Å². The Balaban J connectivity index is 1.83. The molecule has 0 N–H and O–H groups in total. The van der Waals surface area contributed by atoms with E-state index in [0.717, 1.165) is 12.1 Å². The van der Waals surface area contributed by atoms with Gasteiger partial charge >= 0.3 is 0 Å². The van der Waals surface area contributed by atoms with E-state index in [1.54, 1.807) is 12.1 Å². The van der Waals surface area contributed by atoms with Crippen molar-refractivity contribution in [1.82, 2.24) is 0 Å². The smallest absolute Gasteiger partial charge is 0.185 e. The topological polar surface area (TPSA) is 35.5 Å². The number of hydrogen-bond donors (Lipinski definition) is 0. The second-order valence-corrected chi connectivity index (χ2v) is 5.26. The molecule has 0 aromatic heterocycles. The van der Waals surface area contributed by atoms with Gasteiger partial charge in [0.25, 0.3) is 0 Å². The Hall–Kier alpha value is -2.40. The van der Waals surface area contributed by atoms with Crippen molar-refractivity contribution in [3.63, 3.8) is 0 Å². The summed E-state index contributed by atoms with van der Waals surface area (Å²) in [6.45, 7) is 0.848. The van der Waals surface area contributed by atoms with E-state index in [0.29, 0.717) is 35.3 Å². The molecule has 23 heavy (non-hydrogen) atoms. The largest absolute Gasteiger partial charge is 0.486 e. The second kappa shape index (κ2) is 6.38. The molecule has 0 unspecified atom stereocenters. The SMILES string of the molecule is O=C(C=Cc1cc(Cl)c2c(c1)OCCO2)c1ccc(F)c(F)c1. The van der Waals surface area contributed by atoms with E-state index in [4.69, 9.17) is 21.1 Å². The fourth-order valence-electron chi connectivity index (χ4n) is 2.14. The molecule has 0 radical (unpaired) electrons. The number of hydrogen-bond acceptors (Lipinski definition) is 3. The van der Waals surface area contributed by atoms with Gasteiger partial charge < -0.3 is 9.47 Å². The molecule has 118 valence electrons. The Morgan fingerprint density at radius 1 is 1.09 bits per heavy atom. The summed E-state index contributed by atoms with van der Waals surface area (Å²) in [4.78, 5) is 12.0. The highest BCUT2D eigenvalue weighted by Crippen LogP contribution is 2.38. The van der Waals surface area contributed by atoms with Crippen LogP contribution in [-0.2, 0) is 0 Å². The molecule has 1 aliphatic rings. The number of ether oxygens (including phenoxy) is 2. The maximum atomic E-state index is 13.1. The van der Waals surface area contributed by atoms with Gasteiger partial charge in [0, 0.05) is 5.56 Å². The molecule has 2 aromatic carbocycles. The molecule has 0 spiro atoms. The molecule has 0 saturated carbocycles. The summed E-state index contributed by atoms with van der Waals surface area (Å²) in [6, 6.07) is 6.32. The van der Waals surface area contributed by atoms with Crippen molar-refractivity contribution in [2.75, 3.05) is 13.2 Å². The van der Waals surface area contributed by atoms with Crippen LogP contribution in [0.2, 0.25) is 5.02 Å². The van der Waals surface area contributed by atoms with Crippen LogP contribution in [0, 0.1) is 11.6 Å². The first-order valence-electron chi connectivity index (χ1n) is 6.81. The van der Waals surface area contributed by atoms with Gasteiger partial charge in [-0.2, -0.15) is 0 Å². The van der Waals surface area contributed by atoms with Crippen molar-refractivity contribution in [2.24, 2.45) is 0 Å².